The molecule has 0 amide bonds. The Morgan fingerprint density at radius 1 is 1.03 bits per heavy atom. The van der Waals surface area contributed by atoms with Gasteiger partial charge in [-0.05, 0) is 47.5 Å². The van der Waals surface area contributed by atoms with Crippen LogP contribution in [0.5, 0.6) is 0 Å². The average Bonchev–Trinajstić information content (AvgIpc) is 2.78. The molecule has 0 aliphatic heterocycles. The van der Waals surface area contributed by atoms with Gasteiger partial charge < -0.3 is 4.98 Å². The Morgan fingerprint density at radius 3 is 2.55 bits per heavy atom. The minimum absolute atomic E-state index is 0.0957. The highest BCUT2D eigenvalue weighted by Gasteiger charge is 2.15. The molecule has 0 spiro atoms. The number of ketones is 1. The van der Waals surface area contributed by atoms with Crippen molar-refractivity contribution in [3.63, 3.8) is 0 Å². The summed E-state index contributed by atoms with van der Waals surface area (Å²) in [6.07, 6.45) is 0.550. The monoisotopic (exact) mass is 450 g/mol. The number of benzene rings is 3. The highest BCUT2D eigenvalue weighted by molar-refractivity contribution is 8.00. The molecular weight excluding hydrogens is 431 g/mol. The number of fused-ring (bicyclic) bond motifs is 1. The molecule has 0 saturated carbocycles. The summed E-state index contributed by atoms with van der Waals surface area (Å²) in [6, 6.07) is 19.6. The van der Waals surface area contributed by atoms with E-state index in [4.69, 9.17) is 0 Å². The van der Waals surface area contributed by atoms with Crippen LogP contribution >= 0.6 is 23.5 Å². The van der Waals surface area contributed by atoms with Crippen LogP contribution in [-0.4, -0.2) is 21.5 Å². The fourth-order valence-electron chi connectivity index (χ4n) is 3.16. The summed E-state index contributed by atoms with van der Waals surface area (Å²) < 4.78 is 13.1. The molecule has 0 atom stereocenters. The topological polar surface area (TPSA) is 62.8 Å². The van der Waals surface area contributed by atoms with Gasteiger partial charge in [0.05, 0.1) is 5.75 Å². The van der Waals surface area contributed by atoms with E-state index in [2.05, 4.69) is 9.97 Å². The molecule has 4 nitrogen and oxygen atoms in total. The van der Waals surface area contributed by atoms with E-state index in [-0.39, 0.29) is 22.9 Å². The molecular formula is C24H19FN2O2S2. The first-order valence-electron chi connectivity index (χ1n) is 9.75. The Morgan fingerprint density at radius 2 is 1.77 bits per heavy atom. The molecule has 4 rings (SSSR count). The number of aromatic amines is 1. The predicted octanol–water partition coefficient (Wildman–Crippen LogP) is 5.75. The Hall–Kier alpha value is -2.90. The number of carbonyl (C=O) groups excluding carboxylic acids is 1. The fraction of sp³-hybridized carbons (Fsp3) is 0.125. The van der Waals surface area contributed by atoms with Crippen LogP contribution in [0.2, 0.25) is 0 Å². The number of nitrogens with zero attached hydrogens (tertiary/aromatic N) is 1. The van der Waals surface area contributed by atoms with Crippen LogP contribution in [0.15, 0.2) is 86.6 Å². The van der Waals surface area contributed by atoms with Crippen LogP contribution in [-0.2, 0) is 6.42 Å². The molecule has 0 aliphatic carbocycles. The highest BCUT2D eigenvalue weighted by Crippen LogP contribution is 2.34. The van der Waals surface area contributed by atoms with Crippen molar-refractivity contribution in [3.05, 3.63) is 94.0 Å². The summed E-state index contributed by atoms with van der Waals surface area (Å²) in [7, 11) is 0. The molecule has 0 unspecified atom stereocenters. The first-order valence-corrected chi connectivity index (χ1v) is 11.6. The van der Waals surface area contributed by atoms with Gasteiger partial charge in [-0.2, -0.15) is 0 Å². The number of hydrogen-bond acceptors (Lipinski definition) is 5. The Labute approximate surface area is 187 Å². The van der Waals surface area contributed by atoms with E-state index in [1.807, 2.05) is 49.4 Å². The fourth-order valence-corrected chi connectivity index (χ4v) is 5.12. The van der Waals surface area contributed by atoms with Crippen LogP contribution in [0.25, 0.3) is 10.8 Å². The van der Waals surface area contributed by atoms with Crippen LogP contribution in [0.4, 0.5) is 4.39 Å². The van der Waals surface area contributed by atoms with Gasteiger partial charge in [-0.1, -0.05) is 66.8 Å². The summed E-state index contributed by atoms with van der Waals surface area (Å²) >= 11 is 2.62. The minimum Gasteiger partial charge on any atom is -0.301 e. The van der Waals surface area contributed by atoms with Crippen LogP contribution in [0, 0.1) is 5.82 Å². The number of aromatic nitrogens is 2. The normalized spacial score (nSPS) is 11.0. The van der Waals surface area contributed by atoms with Crippen molar-refractivity contribution in [2.45, 2.75) is 28.4 Å². The SMILES string of the molecule is CCc1c(Sc2cccc3ccccc23)nc(SCC(=O)c2ccc(F)cc2)[nH]c1=O. The molecule has 4 aromatic rings. The largest absolute Gasteiger partial charge is 0.301 e. The molecule has 1 N–H and O–H groups in total. The third-order valence-electron chi connectivity index (χ3n) is 4.77. The number of rotatable bonds is 7. The van der Waals surface area contributed by atoms with Crippen molar-refractivity contribution < 1.29 is 9.18 Å². The summed E-state index contributed by atoms with van der Waals surface area (Å²) in [6.45, 7) is 1.92. The molecule has 1 aromatic heterocycles. The van der Waals surface area contributed by atoms with Gasteiger partial charge in [-0.3, -0.25) is 9.59 Å². The number of nitrogens with one attached hydrogen (secondary N) is 1. The number of H-pyrrole nitrogens is 1. The molecule has 0 bridgehead atoms. The van der Waals surface area contributed by atoms with Gasteiger partial charge >= 0.3 is 0 Å². The lowest BCUT2D eigenvalue weighted by atomic mass is 10.1. The summed E-state index contributed by atoms with van der Waals surface area (Å²) in [5.74, 6) is -0.450. The second kappa shape index (κ2) is 9.49. The maximum absolute atomic E-state index is 13.1. The molecule has 0 radical (unpaired) electrons. The maximum Gasteiger partial charge on any atom is 0.255 e. The van der Waals surface area contributed by atoms with Gasteiger partial charge in [0.15, 0.2) is 10.9 Å². The molecule has 0 aliphatic rings. The van der Waals surface area contributed by atoms with Crippen molar-refractivity contribution >= 4 is 40.1 Å². The molecule has 1 heterocycles. The summed E-state index contributed by atoms with van der Waals surface area (Å²) in [5.41, 5.74) is 0.843. The Balaban J connectivity index is 1.60. The van der Waals surface area contributed by atoms with Crippen LogP contribution in [0.1, 0.15) is 22.8 Å². The van der Waals surface area contributed by atoms with E-state index in [1.54, 1.807) is 0 Å². The van der Waals surface area contributed by atoms with Gasteiger partial charge in [0.2, 0.25) is 0 Å². The predicted molar refractivity (Wildman–Crippen MR) is 124 cm³/mol. The number of hydrogen-bond donors (Lipinski definition) is 1. The van der Waals surface area contributed by atoms with E-state index >= 15 is 0 Å². The zero-order chi connectivity index (χ0) is 21.8. The highest BCUT2D eigenvalue weighted by atomic mass is 32.2. The Bertz CT molecular complexity index is 1300. The minimum atomic E-state index is -0.388. The van der Waals surface area contributed by atoms with Crippen molar-refractivity contribution in [1.29, 1.82) is 0 Å². The lowest BCUT2D eigenvalue weighted by Gasteiger charge is -2.10. The number of Topliss-reactive ketones (excluding diaryl/α,β-unsaturated/α-hetero) is 1. The molecule has 156 valence electrons. The van der Waals surface area contributed by atoms with E-state index in [0.717, 1.165) is 15.7 Å². The summed E-state index contributed by atoms with van der Waals surface area (Å²) in [5, 5.41) is 3.24. The summed E-state index contributed by atoms with van der Waals surface area (Å²) in [4.78, 5) is 33.5. The van der Waals surface area contributed by atoms with Gasteiger partial charge in [0, 0.05) is 16.0 Å². The zero-order valence-corrected chi connectivity index (χ0v) is 18.4. The van der Waals surface area contributed by atoms with Gasteiger partial charge in [-0.15, -0.1) is 0 Å². The quantitative estimate of drug-likeness (QED) is 0.168. The first kappa shape index (κ1) is 21.3. The van der Waals surface area contributed by atoms with Crippen molar-refractivity contribution in [2.24, 2.45) is 0 Å². The van der Waals surface area contributed by atoms with Gasteiger partial charge in [-0.25, -0.2) is 9.37 Å². The van der Waals surface area contributed by atoms with E-state index in [9.17, 15) is 14.0 Å². The third-order valence-corrected chi connectivity index (χ3v) is 6.75. The van der Waals surface area contributed by atoms with Crippen molar-refractivity contribution in [2.75, 3.05) is 5.75 Å². The van der Waals surface area contributed by atoms with Crippen molar-refractivity contribution in [3.8, 4) is 0 Å². The standard InChI is InChI=1S/C24H19FN2O2S2/c1-2-18-22(29)26-24(30-14-20(28)16-10-12-17(25)13-11-16)27-23(18)31-21-9-5-7-15-6-3-4-8-19(15)21/h3-13H,2,14H2,1H3,(H,26,27,29). The average molecular weight is 451 g/mol. The first-order chi connectivity index (χ1) is 15.0. The van der Waals surface area contributed by atoms with E-state index < -0.39 is 0 Å². The van der Waals surface area contributed by atoms with Gasteiger partial charge in [0.25, 0.3) is 5.56 Å². The Kier molecular flexibility index (Phi) is 6.53. The smallest absolute Gasteiger partial charge is 0.255 e. The van der Waals surface area contributed by atoms with E-state index in [0.29, 0.717) is 27.7 Å². The molecule has 0 saturated heterocycles. The maximum atomic E-state index is 13.1. The second-order valence-corrected chi connectivity index (χ2v) is 8.80. The van der Waals surface area contributed by atoms with Crippen LogP contribution in [0.3, 0.4) is 0 Å². The molecule has 0 fully saturated rings. The van der Waals surface area contributed by atoms with Crippen LogP contribution < -0.4 is 5.56 Å². The molecule has 31 heavy (non-hydrogen) atoms. The second-order valence-electron chi connectivity index (χ2n) is 6.81. The number of halogens is 1. The van der Waals surface area contributed by atoms with E-state index in [1.165, 1.54) is 47.8 Å². The van der Waals surface area contributed by atoms with Crippen molar-refractivity contribution in [1.82, 2.24) is 9.97 Å². The third kappa shape index (κ3) is 4.89. The molecule has 7 heteroatoms. The lowest BCUT2D eigenvalue weighted by Crippen LogP contribution is -2.16. The number of thioether (sulfide) groups is 1. The number of carbonyl (C=O) groups is 1. The zero-order valence-electron chi connectivity index (χ0n) is 16.7. The molecule has 3 aromatic carbocycles. The van der Waals surface area contributed by atoms with Gasteiger partial charge in [0.1, 0.15) is 10.8 Å². The lowest BCUT2D eigenvalue weighted by molar-refractivity contribution is 0.102.